The molecule has 0 radical (unpaired) electrons. The second kappa shape index (κ2) is 4.91. The predicted octanol–water partition coefficient (Wildman–Crippen LogP) is 1.83. The quantitative estimate of drug-likeness (QED) is 0.644. The molecule has 0 saturated heterocycles. The summed E-state index contributed by atoms with van der Waals surface area (Å²) in [7, 11) is 1.62. The molecule has 0 aromatic carbocycles. The van der Waals surface area contributed by atoms with Crippen molar-refractivity contribution in [2.75, 3.05) is 13.7 Å². The summed E-state index contributed by atoms with van der Waals surface area (Å²) in [5.41, 5.74) is 4.04. The molecule has 0 bridgehead atoms. The Labute approximate surface area is 73.6 Å². The Bertz CT molecular complexity index is 216. The van der Waals surface area contributed by atoms with Crippen LogP contribution in [0.15, 0.2) is 36.0 Å². The molecule has 1 rings (SSSR count). The molecule has 1 N–H and O–H groups in total. The molecule has 2 heteroatoms. The first-order valence-corrected chi connectivity index (χ1v) is 4.14. The van der Waals surface area contributed by atoms with E-state index >= 15 is 0 Å². The summed E-state index contributed by atoms with van der Waals surface area (Å²) in [6.07, 6.45) is 10.6. The van der Waals surface area contributed by atoms with E-state index < -0.39 is 0 Å². The van der Waals surface area contributed by atoms with Gasteiger partial charge in [0.15, 0.2) is 0 Å². The molecule has 66 valence electrons. The number of rotatable bonds is 3. The average Bonchev–Trinajstić information content (AvgIpc) is 2.27. The van der Waals surface area contributed by atoms with Gasteiger partial charge in [-0.3, -0.25) is 0 Å². The second-order valence-corrected chi connectivity index (χ2v) is 2.87. The third-order valence-corrected chi connectivity index (χ3v) is 1.76. The topological polar surface area (TPSA) is 21.3 Å². The first kappa shape index (κ1) is 9.23. The van der Waals surface area contributed by atoms with Crippen molar-refractivity contribution in [1.29, 1.82) is 0 Å². The van der Waals surface area contributed by atoms with E-state index in [0.717, 1.165) is 6.54 Å². The van der Waals surface area contributed by atoms with Crippen LogP contribution in [0.5, 0.6) is 0 Å². The third kappa shape index (κ3) is 3.03. The number of allylic oxidation sites excluding steroid dienone is 4. The van der Waals surface area contributed by atoms with Crippen LogP contribution in [0.3, 0.4) is 0 Å². The normalized spacial score (nSPS) is 22.2. The van der Waals surface area contributed by atoms with Crippen LogP contribution in [-0.4, -0.2) is 13.7 Å². The lowest BCUT2D eigenvalue weighted by Gasteiger charge is -2.00. The van der Waals surface area contributed by atoms with Crippen LogP contribution in [0.1, 0.15) is 6.92 Å². The molecule has 1 atom stereocenters. The Morgan fingerprint density at radius 1 is 1.50 bits per heavy atom. The highest BCUT2D eigenvalue weighted by Gasteiger charge is 1.96. The molecule has 0 aromatic heterocycles. The maximum Gasteiger partial charge on any atom is 0.0572 e. The standard InChI is InChI=1S/C10H15NO/c1-9-4-3-5-10(7-6-9)8-11-12-2/h3-7,9,11H,8H2,1-2H3. The van der Waals surface area contributed by atoms with Gasteiger partial charge in [-0.25, -0.2) is 0 Å². The van der Waals surface area contributed by atoms with Gasteiger partial charge in [0.25, 0.3) is 0 Å². The summed E-state index contributed by atoms with van der Waals surface area (Å²) in [5.74, 6) is 0.529. The summed E-state index contributed by atoms with van der Waals surface area (Å²) >= 11 is 0. The predicted molar refractivity (Wildman–Crippen MR) is 50.5 cm³/mol. The molecule has 1 aliphatic rings. The fraction of sp³-hybridized carbons (Fsp3) is 0.400. The smallest absolute Gasteiger partial charge is 0.0572 e. The number of hydroxylamine groups is 1. The Morgan fingerprint density at radius 2 is 2.33 bits per heavy atom. The molecule has 1 unspecified atom stereocenters. The SMILES string of the molecule is CONCC1=CC=CC(C)C=C1. The Balaban J connectivity index is 2.49. The molecule has 1 aliphatic carbocycles. The number of nitrogens with one attached hydrogen (secondary N) is 1. The maximum atomic E-state index is 4.76. The van der Waals surface area contributed by atoms with E-state index in [0.29, 0.717) is 5.92 Å². The molecule has 0 amide bonds. The lowest BCUT2D eigenvalue weighted by molar-refractivity contribution is 0.0996. The van der Waals surface area contributed by atoms with E-state index in [-0.39, 0.29) is 0 Å². The zero-order valence-electron chi connectivity index (χ0n) is 7.58. The fourth-order valence-corrected chi connectivity index (χ4v) is 1.02. The van der Waals surface area contributed by atoms with Gasteiger partial charge in [-0.15, -0.1) is 0 Å². The van der Waals surface area contributed by atoms with E-state index in [2.05, 4.69) is 42.8 Å². The molecular formula is C10H15NO. The fourth-order valence-electron chi connectivity index (χ4n) is 1.02. The molecule has 0 saturated carbocycles. The van der Waals surface area contributed by atoms with E-state index in [9.17, 15) is 0 Å². The van der Waals surface area contributed by atoms with Gasteiger partial charge in [0, 0.05) is 6.54 Å². The van der Waals surface area contributed by atoms with Gasteiger partial charge < -0.3 is 4.84 Å². The Hall–Kier alpha value is -0.860. The molecule has 0 heterocycles. The van der Waals surface area contributed by atoms with Crippen molar-refractivity contribution in [3.05, 3.63) is 36.0 Å². The van der Waals surface area contributed by atoms with Crippen molar-refractivity contribution in [1.82, 2.24) is 5.48 Å². The molecule has 0 fully saturated rings. The third-order valence-electron chi connectivity index (χ3n) is 1.76. The van der Waals surface area contributed by atoms with Crippen molar-refractivity contribution in [2.45, 2.75) is 6.92 Å². The molecule has 2 nitrogen and oxygen atoms in total. The van der Waals surface area contributed by atoms with Crippen LogP contribution in [-0.2, 0) is 4.84 Å². The minimum Gasteiger partial charge on any atom is -0.305 e. The monoisotopic (exact) mass is 165 g/mol. The maximum absolute atomic E-state index is 4.76. The van der Waals surface area contributed by atoms with Gasteiger partial charge in [0.2, 0.25) is 0 Å². The first-order valence-electron chi connectivity index (χ1n) is 4.14. The van der Waals surface area contributed by atoms with Gasteiger partial charge in [0.1, 0.15) is 0 Å². The minimum atomic E-state index is 0.529. The lowest BCUT2D eigenvalue weighted by Crippen LogP contribution is -2.14. The number of hydrogen-bond acceptors (Lipinski definition) is 2. The summed E-state index contributed by atoms with van der Waals surface area (Å²) in [4.78, 5) is 4.76. The van der Waals surface area contributed by atoms with Crippen molar-refractivity contribution < 1.29 is 4.84 Å². The molecule has 0 aromatic rings. The van der Waals surface area contributed by atoms with Crippen LogP contribution >= 0.6 is 0 Å². The van der Waals surface area contributed by atoms with Gasteiger partial charge in [-0.2, -0.15) is 5.48 Å². The zero-order valence-corrected chi connectivity index (χ0v) is 7.58. The number of hydrogen-bond donors (Lipinski definition) is 1. The molecule has 0 aliphatic heterocycles. The van der Waals surface area contributed by atoms with Gasteiger partial charge in [0.05, 0.1) is 7.11 Å². The summed E-state index contributed by atoms with van der Waals surface area (Å²) < 4.78 is 0. The van der Waals surface area contributed by atoms with Crippen molar-refractivity contribution >= 4 is 0 Å². The van der Waals surface area contributed by atoms with E-state index in [1.807, 2.05) is 0 Å². The highest BCUT2D eigenvalue weighted by Crippen LogP contribution is 2.08. The molecule has 12 heavy (non-hydrogen) atoms. The second-order valence-electron chi connectivity index (χ2n) is 2.87. The van der Waals surface area contributed by atoms with E-state index in [1.54, 1.807) is 7.11 Å². The van der Waals surface area contributed by atoms with Crippen LogP contribution < -0.4 is 5.48 Å². The minimum absolute atomic E-state index is 0.529. The summed E-state index contributed by atoms with van der Waals surface area (Å²) in [6, 6.07) is 0. The average molecular weight is 165 g/mol. The van der Waals surface area contributed by atoms with E-state index in [1.165, 1.54) is 5.57 Å². The van der Waals surface area contributed by atoms with Crippen molar-refractivity contribution in [3.8, 4) is 0 Å². The van der Waals surface area contributed by atoms with Crippen molar-refractivity contribution in [2.24, 2.45) is 5.92 Å². The van der Waals surface area contributed by atoms with Gasteiger partial charge in [-0.05, 0) is 11.5 Å². The van der Waals surface area contributed by atoms with E-state index in [4.69, 9.17) is 4.84 Å². The van der Waals surface area contributed by atoms with Gasteiger partial charge >= 0.3 is 0 Å². The van der Waals surface area contributed by atoms with Crippen molar-refractivity contribution in [3.63, 3.8) is 0 Å². The summed E-state index contributed by atoms with van der Waals surface area (Å²) in [5, 5.41) is 0. The van der Waals surface area contributed by atoms with Crippen LogP contribution in [0, 0.1) is 5.92 Å². The largest absolute Gasteiger partial charge is 0.305 e. The Morgan fingerprint density at radius 3 is 3.08 bits per heavy atom. The first-order chi connectivity index (χ1) is 5.83. The molecular weight excluding hydrogens is 150 g/mol. The Kier molecular flexibility index (Phi) is 3.77. The summed E-state index contributed by atoms with van der Waals surface area (Å²) in [6.45, 7) is 2.91. The highest BCUT2D eigenvalue weighted by molar-refractivity contribution is 5.29. The van der Waals surface area contributed by atoms with Crippen LogP contribution in [0.25, 0.3) is 0 Å². The highest BCUT2D eigenvalue weighted by atomic mass is 16.6. The lowest BCUT2D eigenvalue weighted by atomic mass is 10.1. The molecule has 0 spiro atoms. The van der Waals surface area contributed by atoms with Crippen LogP contribution in [0.4, 0.5) is 0 Å². The van der Waals surface area contributed by atoms with Gasteiger partial charge in [-0.1, -0.05) is 37.3 Å². The zero-order chi connectivity index (χ0) is 8.81. The van der Waals surface area contributed by atoms with Crippen LogP contribution in [0.2, 0.25) is 0 Å².